The maximum Gasteiger partial charge on any atom is 0.234 e. The first-order chi connectivity index (χ1) is 12.4. The van der Waals surface area contributed by atoms with Crippen LogP contribution in [0.1, 0.15) is 50.4 Å². The lowest BCUT2D eigenvalue weighted by Gasteiger charge is -2.39. The molecule has 1 aliphatic carbocycles. The number of aryl methyl sites for hydroxylation is 1. The number of amides is 1. The fourth-order valence-corrected chi connectivity index (χ4v) is 4.34. The molecule has 1 amide bonds. The first-order valence-electron chi connectivity index (χ1n) is 9.58. The minimum atomic E-state index is -0.473. The van der Waals surface area contributed by atoms with Crippen LogP contribution in [-0.4, -0.2) is 28.5 Å². The quantitative estimate of drug-likeness (QED) is 0.903. The van der Waals surface area contributed by atoms with Crippen molar-refractivity contribution >= 4 is 17.5 Å². The Hall–Kier alpha value is -2.43. The molecule has 0 spiro atoms. The zero-order valence-electron chi connectivity index (χ0n) is 15.6. The van der Waals surface area contributed by atoms with Crippen molar-refractivity contribution in [3.05, 3.63) is 35.0 Å². The van der Waals surface area contributed by atoms with Crippen molar-refractivity contribution in [1.82, 2.24) is 9.97 Å². The molecular formula is C21H24N4O. The van der Waals surface area contributed by atoms with Crippen molar-refractivity contribution in [2.45, 2.75) is 57.9 Å². The number of nitrogens with one attached hydrogen (secondary N) is 1. The smallest absolute Gasteiger partial charge is 0.234 e. The van der Waals surface area contributed by atoms with Crippen molar-refractivity contribution in [1.29, 1.82) is 0 Å². The Balaban J connectivity index is 1.63. The number of fused-ring (bicyclic) bond motifs is 2. The monoisotopic (exact) mass is 348 g/mol. The van der Waals surface area contributed by atoms with Crippen LogP contribution < -0.4 is 10.2 Å². The van der Waals surface area contributed by atoms with Gasteiger partial charge in [-0.25, -0.2) is 9.97 Å². The van der Waals surface area contributed by atoms with Gasteiger partial charge < -0.3 is 10.2 Å². The molecule has 0 radical (unpaired) electrons. The summed E-state index contributed by atoms with van der Waals surface area (Å²) in [5.41, 5.74) is 6.12. The van der Waals surface area contributed by atoms with Crippen molar-refractivity contribution in [3.63, 3.8) is 0 Å². The molecule has 134 valence electrons. The molecule has 1 N–H and O–H groups in total. The predicted octanol–water partition coefficient (Wildman–Crippen LogP) is 3.46. The Labute approximate surface area is 153 Å². The average molecular weight is 348 g/mol. The standard InChI is InChI=1S/C21H24N4O/c1-12-9-10-25(12)20-23-16-6-4-5-14(16)18(24-20)13-7-8-15-17(11-13)22-19(26)21(15,2)3/h7-8,11-12H,4-6,9-10H2,1-3H3,(H,22,26)/t12-/m0/s1. The minimum Gasteiger partial charge on any atom is -0.338 e. The van der Waals surface area contributed by atoms with E-state index in [-0.39, 0.29) is 5.91 Å². The normalized spacial score (nSPS) is 22.7. The van der Waals surface area contributed by atoms with Crippen LogP contribution in [0.15, 0.2) is 18.2 Å². The van der Waals surface area contributed by atoms with Gasteiger partial charge in [0.2, 0.25) is 11.9 Å². The Kier molecular flexibility index (Phi) is 3.21. The molecule has 5 heteroatoms. The number of benzene rings is 1. The van der Waals surface area contributed by atoms with Gasteiger partial charge in [-0.05, 0) is 58.1 Å². The maximum atomic E-state index is 12.3. The number of nitrogens with zero attached hydrogens (tertiary/aromatic N) is 3. The van der Waals surface area contributed by atoms with E-state index < -0.39 is 5.41 Å². The van der Waals surface area contributed by atoms with Gasteiger partial charge in [0.15, 0.2) is 0 Å². The molecular weight excluding hydrogens is 324 g/mol. The largest absolute Gasteiger partial charge is 0.338 e. The summed E-state index contributed by atoms with van der Waals surface area (Å²) < 4.78 is 0. The molecule has 0 bridgehead atoms. The zero-order valence-corrected chi connectivity index (χ0v) is 15.6. The van der Waals surface area contributed by atoms with Gasteiger partial charge in [0.05, 0.1) is 11.1 Å². The van der Waals surface area contributed by atoms with Crippen LogP contribution in [0.2, 0.25) is 0 Å². The minimum absolute atomic E-state index is 0.0626. The molecule has 0 unspecified atom stereocenters. The fourth-order valence-electron chi connectivity index (χ4n) is 4.34. The fraction of sp³-hybridized carbons (Fsp3) is 0.476. The molecule has 0 saturated carbocycles. The predicted molar refractivity (Wildman–Crippen MR) is 103 cm³/mol. The van der Waals surface area contributed by atoms with Crippen molar-refractivity contribution in [2.75, 3.05) is 16.8 Å². The zero-order chi connectivity index (χ0) is 18.1. The third-order valence-electron chi connectivity index (χ3n) is 6.28. The van der Waals surface area contributed by atoms with E-state index in [0.717, 1.165) is 54.3 Å². The number of carbonyl (C=O) groups is 1. The highest BCUT2D eigenvalue weighted by atomic mass is 16.2. The summed E-state index contributed by atoms with van der Waals surface area (Å²) in [6.45, 7) is 7.21. The third kappa shape index (κ3) is 2.12. The Morgan fingerprint density at radius 1 is 1.23 bits per heavy atom. The van der Waals surface area contributed by atoms with E-state index in [0.29, 0.717) is 6.04 Å². The van der Waals surface area contributed by atoms with Crippen LogP contribution in [0, 0.1) is 0 Å². The number of rotatable bonds is 2. The van der Waals surface area contributed by atoms with Gasteiger partial charge in [-0.1, -0.05) is 12.1 Å². The van der Waals surface area contributed by atoms with Gasteiger partial charge in [0.1, 0.15) is 0 Å². The molecule has 1 atom stereocenters. The molecule has 3 aliphatic rings. The third-order valence-corrected chi connectivity index (χ3v) is 6.28. The second-order valence-corrected chi connectivity index (χ2v) is 8.32. The van der Waals surface area contributed by atoms with E-state index in [2.05, 4.69) is 35.3 Å². The molecule has 2 aromatic rings. The lowest BCUT2D eigenvalue weighted by Crippen LogP contribution is -2.46. The molecule has 5 rings (SSSR count). The number of carbonyl (C=O) groups excluding carboxylic acids is 1. The molecule has 1 fully saturated rings. The number of aromatic nitrogens is 2. The topological polar surface area (TPSA) is 58.1 Å². The van der Waals surface area contributed by atoms with Gasteiger partial charge in [-0.2, -0.15) is 0 Å². The highest BCUT2D eigenvalue weighted by molar-refractivity contribution is 6.06. The van der Waals surface area contributed by atoms with E-state index in [1.807, 2.05) is 13.8 Å². The average Bonchev–Trinajstić information content (AvgIpc) is 3.15. The van der Waals surface area contributed by atoms with Crippen molar-refractivity contribution in [3.8, 4) is 11.3 Å². The van der Waals surface area contributed by atoms with Gasteiger partial charge in [-0.3, -0.25) is 4.79 Å². The molecule has 2 aliphatic heterocycles. The van der Waals surface area contributed by atoms with E-state index >= 15 is 0 Å². The molecule has 5 nitrogen and oxygen atoms in total. The lowest BCUT2D eigenvalue weighted by molar-refractivity contribution is -0.119. The van der Waals surface area contributed by atoms with E-state index in [1.54, 1.807) is 0 Å². The molecule has 1 aromatic carbocycles. The first kappa shape index (κ1) is 15.8. The molecule has 1 saturated heterocycles. The van der Waals surface area contributed by atoms with Crippen LogP contribution in [0.3, 0.4) is 0 Å². The number of hydrogen-bond acceptors (Lipinski definition) is 4. The SMILES string of the molecule is C[C@H]1CCN1c1nc2c(c(-c3ccc4c(c3)NC(=O)C4(C)C)n1)CCC2. The summed E-state index contributed by atoms with van der Waals surface area (Å²) in [5, 5.41) is 3.04. The van der Waals surface area contributed by atoms with E-state index in [9.17, 15) is 4.79 Å². The van der Waals surface area contributed by atoms with Crippen LogP contribution in [0.25, 0.3) is 11.3 Å². The molecule has 26 heavy (non-hydrogen) atoms. The second-order valence-electron chi connectivity index (χ2n) is 8.32. The lowest BCUT2D eigenvalue weighted by atomic mass is 9.85. The Morgan fingerprint density at radius 3 is 2.81 bits per heavy atom. The summed E-state index contributed by atoms with van der Waals surface area (Å²) in [7, 11) is 0. The molecule has 1 aromatic heterocycles. The summed E-state index contributed by atoms with van der Waals surface area (Å²) in [6, 6.07) is 6.80. The summed E-state index contributed by atoms with van der Waals surface area (Å²) in [4.78, 5) is 24.4. The highest BCUT2D eigenvalue weighted by Gasteiger charge is 2.38. The Morgan fingerprint density at radius 2 is 2.08 bits per heavy atom. The Bertz CT molecular complexity index is 934. The summed E-state index contributed by atoms with van der Waals surface area (Å²) in [5.74, 6) is 0.928. The van der Waals surface area contributed by atoms with E-state index in [1.165, 1.54) is 17.7 Å². The van der Waals surface area contributed by atoms with Gasteiger partial charge in [-0.15, -0.1) is 0 Å². The van der Waals surface area contributed by atoms with Gasteiger partial charge in [0.25, 0.3) is 0 Å². The second kappa shape index (κ2) is 5.29. The van der Waals surface area contributed by atoms with Crippen LogP contribution in [-0.2, 0) is 23.1 Å². The number of anilines is 2. The van der Waals surface area contributed by atoms with E-state index in [4.69, 9.17) is 9.97 Å². The summed E-state index contributed by atoms with van der Waals surface area (Å²) >= 11 is 0. The van der Waals surface area contributed by atoms with Crippen molar-refractivity contribution < 1.29 is 4.79 Å². The van der Waals surface area contributed by atoms with Crippen LogP contribution in [0.5, 0.6) is 0 Å². The van der Waals surface area contributed by atoms with Gasteiger partial charge in [0, 0.05) is 35.1 Å². The van der Waals surface area contributed by atoms with Gasteiger partial charge >= 0.3 is 0 Å². The van der Waals surface area contributed by atoms with Crippen LogP contribution in [0.4, 0.5) is 11.6 Å². The molecule has 3 heterocycles. The first-order valence-corrected chi connectivity index (χ1v) is 9.58. The maximum absolute atomic E-state index is 12.3. The van der Waals surface area contributed by atoms with Crippen LogP contribution >= 0.6 is 0 Å². The van der Waals surface area contributed by atoms with Crippen molar-refractivity contribution in [2.24, 2.45) is 0 Å². The highest BCUT2D eigenvalue weighted by Crippen LogP contribution is 2.41. The summed E-state index contributed by atoms with van der Waals surface area (Å²) in [6.07, 6.45) is 4.42. The number of hydrogen-bond donors (Lipinski definition) is 1.